The molecule has 0 heterocycles. The quantitative estimate of drug-likeness (QED) is 0.789. The highest BCUT2D eigenvalue weighted by Gasteiger charge is 2.59. The fourth-order valence-corrected chi connectivity index (χ4v) is 3.15. The summed E-state index contributed by atoms with van der Waals surface area (Å²) in [4.78, 5) is 11.7. The molecule has 2 fully saturated rings. The molecule has 0 unspecified atom stereocenters. The monoisotopic (exact) mass is 291 g/mol. The van der Waals surface area contributed by atoms with Gasteiger partial charge in [-0.05, 0) is 37.7 Å². The largest absolute Gasteiger partial charge is 0.445 e. The first-order valence-electron chi connectivity index (χ1n) is 7.43. The molecule has 5 nitrogen and oxygen atoms in total. The summed E-state index contributed by atoms with van der Waals surface area (Å²) in [5, 5.41) is 23.3. The second-order valence-corrected chi connectivity index (χ2v) is 6.23. The van der Waals surface area contributed by atoms with Crippen LogP contribution in [0.1, 0.15) is 37.7 Å². The molecule has 0 atom stereocenters. The van der Waals surface area contributed by atoms with Gasteiger partial charge in [-0.15, -0.1) is 0 Å². The first kappa shape index (κ1) is 14.4. The first-order chi connectivity index (χ1) is 10.0. The molecule has 114 valence electrons. The number of aliphatic hydroxyl groups is 2. The SMILES string of the molecule is O=C(NC1CC(O)(C2(O)CCC2)C1)OCc1ccccc1. The third-order valence-electron chi connectivity index (χ3n) is 4.75. The number of ether oxygens (including phenoxy) is 1. The molecule has 1 amide bonds. The van der Waals surface area contributed by atoms with E-state index in [4.69, 9.17) is 4.74 Å². The number of rotatable bonds is 4. The molecule has 3 N–H and O–H groups in total. The Morgan fingerprint density at radius 3 is 2.43 bits per heavy atom. The molecule has 0 saturated heterocycles. The van der Waals surface area contributed by atoms with E-state index in [0.29, 0.717) is 25.7 Å². The smallest absolute Gasteiger partial charge is 0.407 e. The van der Waals surface area contributed by atoms with E-state index in [1.54, 1.807) is 0 Å². The lowest BCUT2D eigenvalue weighted by atomic mass is 9.58. The summed E-state index contributed by atoms with van der Waals surface area (Å²) >= 11 is 0. The second kappa shape index (κ2) is 5.31. The second-order valence-electron chi connectivity index (χ2n) is 6.23. The Kier molecular flexibility index (Phi) is 3.63. The molecule has 1 aromatic carbocycles. The van der Waals surface area contributed by atoms with Crippen molar-refractivity contribution in [3.63, 3.8) is 0 Å². The molecule has 0 spiro atoms. The van der Waals surface area contributed by atoms with Gasteiger partial charge in [-0.1, -0.05) is 30.3 Å². The highest BCUT2D eigenvalue weighted by atomic mass is 16.5. The minimum Gasteiger partial charge on any atom is -0.445 e. The van der Waals surface area contributed by atoms with Crippen LogP contribution in [-0.2, 0) is 11.3 Å². The Morgan fingerprint density at radius 1 is 1.19 bits per heavy atom. The number of hydrogen-bond acceptors (Lipinski definition) is 4. The van der Waals surface area contributed by atoms with Crippen molar-refractivity contribution >= 4 is 6.09 Å². The normalized spacial score (nSPS) is 29.9. The maximum absolute atomic E-state index is 11.7. The number of amides is 1. The Bertz CT molecular complexity index is 506. The third kappa shape index (κ3) is 2.76. The summed E-state index contributed by atoms with van der Waals surface area (Å²) in [6, 6.07) is 9.35. The Hall–Kier alpha value is -1.59. The molecule has 0 aromatic heterocycles. The maximum Gasteiger partial charge on any atom is 0.407 e. The van der Waals surface area contributed by atoms with Gasteiger partial charge in [0.2, 0.25) is 0 Å². The molecule has 0 aliphatic heterocycles. The third-order valence-corrected chi connectivity index (χ3v) is 4.75. The van der Waals surface area contributed by atoms with E-state index in [2.05, 4.69) is 5.32 Å². The molecule has 3 rings (SSSR count). The lowest BCUT2D eigenvalue weighted by Crippen LogP contribution is -2.68. The summed E-state index contributed by atoms with van der Waals surface area (Å²) in [5.74, 6) is 0. The van der Waals surface area contributed by atoms with E-state index < -0.39 is 17.3 Å². The van der Waals surface area contributed by atoms with Crippen LogP contribution >= 0.6 is 0 Å². The van der Waals surface area contributed by atoms with Gasteiger partial charge in [0.25, 0.3) is 0 Å². The lowest BCUT2D eigenvalue weighted by molar-refractivity contribution is -0.231. The Morgan fingerprint density at radius 2 is 1.86 bits per heavy atom. The first-order valence-corrected chi connectivity index (χ1v) is 7.43. The Labute approximate surface area is 123 Å². The average molecular weight is 291 g/mol. The molecule has 2 aliphatic carbocycles. The highest BCUT2D eigenvalue weighted by Crippen LogP contribution is 2.50. The molecule has 0 radical (unpaired) electrons. The highest BCUT2D eigenvalue weighted by molar-refractivity contribution is 5.67. The number of carbonyl (C=O) groups excluding carboxylic acids is 1. The van der Waals surface area contributed by atoms with Crippen LogP contribution in [-0.4, -0.2) is 33.6 Å². The van der Waals surface area contributed by atoms with Crippen molar-refractivity contribution in [2.24, 2.45) is 0 Å². The minimum atomic E-state index is -1.04. The van der Waals surface area contributed by atoms with Crippen LogP contribution in [0.5, 0.6) is 0 Å². The fourth-order valence-electron chi connectivity index (χ4n) is 3.15. The summed E-state index contributed by atoms with van der Waals surface area (Å²) in [6.07, 6.45) is 2.55. The standard InChI is InChI=1S/C16H21NO4/c18-14(21-11-12-5-2-1-3-6-12)17-13-9-16(20,10-13)15(19)7-4-8-15/h1-3,5-6,13,19-20H,4,7-11H2,(H,17,18). The number of hydrogen-bond donors (Lipinski definition) is 3. The van der Waals surface area contributed by atoms with Crippen molar-refractivity contribution < 1.29 is 19.7 Å². The number of alkyl carbamates (subject to hydrolysis) is 1. The van der Waals surface area contributed by atoms with Crippen molar-refractivity contribution in [2.45, 2.75) is 56.0 Å². The molecule has 21 heavy (non-hydrogen) atoms. The number of carbonyl (C=O) groups is 1. The Balaban J connectivity index is 1.41. The molecule has 5 heteroatoms. The lowest BCUT2D eigenvalue weighted by Gasteiger charge is -2.56. The van der Waals surface area contributed by atoms with E-state index in [0.717, 1.165) is 12.0 Å². The van der Waals surface area contributed by atoms with Crippen LogP contribution in [0, 0.1) is 0 Å². The van der Waals surface area contributed by atoms with Gasteiger partial charge in [0.05, 0.1) is 11.2 Å². The van der Waals surface area contributed by atoms with Crippen LogP contribution in [0.2, 0.25) is 0 Å². The van der Waals surface area contributed by atoms with Crippen LogP contribution in [0.25, 0.3) is 0 Å². The van der Waals surface area contributed by atoms with Gasteiger partial charge in [-0.25, -0.2) is 4.79 Å². The van der Waals surface area contributed by atoms with Crippen LogP contribution in [0.15, 0.2) is 30.3 Å². The van der Waals surface area contributed by atoms with Gasteiger partial charge in [0.15, 0.2) is 0 Å². The van der Waals surface area contributed by atoms with Crippen LogP contribution in [0.3, 0.4) is 0 Å². The van der Waals surface area contributed by atoms with Crippen molar-refractivity contribution in [2.75, 3.05) is 0 Å². The van der Waals surface area contributed by atoms with Crippen molar-refractivity contribution in [3.8, 4) is 0 Å². The topological polar surface area (TPSA) is 78.8 Å². The van der Waals surface area contributed by atoms with Gasteiger partial charge in [-0.2, -0.15) is 0 Å². The average Bonchev–Trinajstić information content (AvgIpc) is 2.42. The maximum atomic E-state index is 11.7. The number of nitrogens with one attached hydrogen (secondary N) is 1. The van der Waals surface area contributed by atoms with E-state index in [1.165, 1.54) is 0 Å². The molecule has 0 bridgehead atoms. The van der Waals surface area contributed by atoms with Gasteiger partial charge >= 0.3 is 6.09 Å². The predicted molar refractivity (Wildman–Crippen MR) is 76.5 cm³/mol. The van der Waals surface area contributed by atoms with E-state index in [1.807, 2.05) is 30.3 Å². The van der Waals surface area contributed by atoms with Gasteiger partial charge in [-0.3, -0.25) is 0 Å². The molecule has 2 saturated carbocycles. The summed E-state index contributed by atoms with van der Waals surface area (Å²) in [7, 11) is 0. The fraction of sp³-hybridized carbons (Fsp3) is 0.562. The van der Waals surface area contributed by atoms with Crippen molar-refractivity contribution in [3.05, 3.63) is 35.9 Å². The van der Waals surface area contributed by atoms with Gasteiger partial charge in [0, 0.05) is 6.04 Å². The molecule has 2 aliphatic rings. The zero-order valence-electron chi connectivity index (χ0n) is 11.9. The number of benzene rings is 1. The van der Waals surface area contributed by atoms with E-state index in [-0.39, 0.29) is 12.6 Å². The summed E-state index contributed by atoms with van der Waals surface area (Å²) < 4.78 is 5.13. The van der Waals surface area contributed by atoms with E-state index in [9.17, 15) is 15.0 Å². The summed E-state index contributed by atoms with van der Waals surface area (Å²) in [5.41, 5.74) is -1.05. The zero-order valence-corrected chi connectivity index (χ0v) is 11.9. The van der Waals surface area contributed by atoms with E-state index >= 15 is 0 Å². The zero-order chi connectivity index (χ0) is 14.9. The van der Waals surface area contributed by atoms with Crippen molar-refractivity contribution in [1.82, 2.24) is 5.32 Å². The molecular weight excluding hydrogens is 270 g/mol. The van der Waals surface area contributed by atoms with Gasteiger partial charge < -0.3 is 20.3 Å². The summed E-state index contributed by atoms with van der Waals surface area (Å²) in [6.45, 7) is 0.230. The molecular formula is C16H21NO4. The minimum absolute atomic E-state index is 0.122. The molecule has 1 aromatic rings. The van der Waals surface area contributed by atoms with Crippen LogP contribution in [0.4, 0.5) is 4.79 Å². The predicted octanol–water partition coefficient (Wildman–Crippen LogP) is 1.72. The van der Waals surface area contributed by atoms with Crippen LogP contribution < -0.4 is 5.32 Å². The van der Waals surface area contributed by atoms with Crippen molar-refractivity contribution in [1.29, 1.82) is 0 Å². The van der Waals surface area contributed by atoms with Gasteiger partial charge in [0.1, 0.15) is 6.61 Å².